The first-order valence-corrected chi connectivity index (χ1v) is 21.7. The van der Waals surface area contributed by atoms with Crippen molar-refractivity contribution in [3.05, 3.63) is 112 Å². The summed E-state index contributed by atoms with van der Waals surface area (Å²) in [5, 5.41) is 10.9. The molecule has 0 fully saturated rings. The number of hydrogen-bond acceptors (Lipinski definition) is 21. The van der Waals surface area contributed by atoms with E-state index in [9.17, 15) is 61.5 Å². The van der Waals surface area contributed by atoms with Crippen LogP contribution in [0.5, 0.6) is 0 Å². The summed E-state index contributed by atoms with van der Waals surface area (Å²) in [4.78, 5) is 34.9. The van der Waals surface area contributed by atoms with Crippen molar-refractivity contribution in [2.75, 3.05) is 21.4 Å². The van der Waals surface area contributed by atoms with Gasteiger partial charge in [-0.3, -0.25) is 15.0 Å². The van der Waals surface area contributed by atoms with E-state index in [0.29, 0.717) is 18.2 Å². The fraction of sp³-hybridized carbons (Fsp3) is 0. The minimum atomic E-state index is -5.68. The van der Waals surface area contributed by atoms with E-state index in [1.165, 1.54) is 36.4 Å². The Labute approximate surface area is 451 Å². The maximum Gasteiger partial charge on any atom is 1.00 e. The van der Waals surface area contributed by atoms with Gasteiger partial charge in [0.2, 0.25) is 23.0 Å². The Morgan fingerprint density at radius 1 is 0.619 bits per heavy atom. The first-order chi connectivity index (χ1) is 27.5. The molecular formula is C32H19ClN8Na4O14S4. The molecule has 0 saturated carbocycles. The SMILES string of the molecule is O=C(Nc1cc(S(=O)(=O)[O-])cc2c1C(=O)/C(=N\Nc1cc(Nc3nc(Cl)nc(Nc4ccc(S(=O)(=O)[O-])cc4)n3)ccc1S(=O)(=O)[O-])C(S(=O)(=O)[O-])=C2)c1ccccc1.[Na+].[Na+].[Na+].[Na+]. The number of allylic oxidation sites excluding steroid dienone is 1. The van der Waals surface area contributed by atoms with E-state index < -0.39 is 105 Å². The van der Waals surface area contributed by atoms with Crippen LogP contribution in [-0.4, -0.2) is 84.2 Å². The summed E-state index contributed by atoms with van der Waals surface area (Å²) in [6.45, 7) is 0. The van der Waals surface area contributed by atoms with Crippen LogP contribution in [0, 0.1) is 0 Å². The Morgan fingerprint density at radius 2 is 1.17 bits per heavy atom. The van der Waals surface area contributed by atoms with Gasteiger partial charge in [0.05, 0.1) is 36.5 Å². The number of nitrogens with zero attached hydrogens (tertiary/aromatic N) is 4. The molecule has 6 rings (SSSR count). The molecule has 1 aliphatic rings. The Hall–Kier alpha value is -2.23. The van der Waals surface area contributed by atoms with Crippen molar-refractivity contribution < 1.29 is 180 Å². The molecule has 4 N–H and O–H groups in total. The Bertz CT molecular complexity index is 3120. The molecule has 31 heteroatoms. The maximum atomic E-state index is 14.0. The number of hydrazone groups is 1. The van der Waals surface area contributed by atoms with Gasteiger partial charge >= 0.3 is 118 Å². The van der Waals surface area contributed by atoms with Crippen LogP contribution in [0.1, 0.15) is 26.3 Å². The molecule has 1 aliphatic carbocycles. The van der Waals surface area contributed by atoms with Crippen LogP contribution in [0.2, 0.25) is 5.28 Å². The summed E-state index contributed by atoms with van der Waals surface area (Å²) in [6.07, 6.45) is 0.506. The van der Waals surface area contributed by atoms with E-state index in [4.69, 9.17) is 11.6 Å². The van der Waals surface area contributed by atoms with Gasteiger partial charge in [-0.05, 0) is 90.0 Å². The average Bonchev–Trinajstić information content (AvgIpc) is 3.13. The van der Waals surface area contributed by atoms with Gasteiger partial charge in [-0.25, -0.2) is 33.7 Å². The minimum absolute atomic E-state index is 0. The van der Waals surface area contributed by atoms with Crippen molar-refractivity contribution in [3.8, 4) is 0 Å². The number of anilines is 6. The number of nitrogens with one attached hydrogen (secondary N) is 4. The minimum Gasteiger partial charge on any atom is -0.744 e. The van der Waals surface area contributed by atoms with E-state index in [1.807, 2.05) is 0 Å². The molecular weight excluding hydrogens is 976 g/mol. The van der Waals surface area contributed by atoms with Gasteiger partial charge in [0.1, 0.15) is 46.2 Å². The van der Waals surface area contributed by atoms with E-state index in [2.05, 4.69) is 41.4 Å². The van der Waals surface area contributed by atoms with Gasteiger partial charge in [0.25, 0.3) is 5.91 Å². The molecule has 1 aromatic heterocycles. The molecule has 0 spiro atoms. The number of halogens is 1. The van der Waals surface area contributed by atoms with Crippen LogP contribution in [0.3, 0.4) is 0 Å². The maximum absolute atomic E-state index is 14.0. The second kappa shape index (κ2) is 22.5. The molecule has 22 nitrogen and oxygen atoms in total. The predicted octanol–water partition coefficient (Wildman–Crippen LogP) is -9.46. The molecule has 1 amide bonds. The van der Waals surface area contributed by atoms with Crippen LogP contribution < -0.4 is 140 Å². The second-order valence-electron chi connectivity index (χ2n) is 11.7. The van der Waals surface area contributed by atoms with Crippen LogP contribution >= 0.6 is 11.6 Å². The number of ketones is 1. The number of carbonyl (C=O) groups excluding carboxylic acids is 2. The normalized spacial score (nSPS) is 13.1. The summed E-state index contributed by atoms with van der Waals surface area (Å²) in [5.74, 6) is -2.88. The fourth-order valence-electron chi connectivity index (χ4n) is 5.22. The number of aromatic nitrogens is 3. The standard InChI is InChI=1S/C32H23ClN8O14S4.4Na/c33-30-37-31(34-18-6-9-20(10-7-18)56(44,45)46)39-32(38-30)35-19-8-11-24(58(50,51)52)22(14-19)40-41-27-25(59(53,54)55)13-17-12-21(57(47,48)49)15-23(26(17)28(27)42)36-29(43)16-4-2-1-3-5-16;;;;/h1-15,40H,(H,36,43)(H,44,45,46)(H,47,48,49)(H,50,51,52)(H,53,54,55)(H2,34,35,37,38,39);;;;/q;4*+1/p-4/b41-27-;;;;. The van der Waals surface area contributed by atoms with Crippen molar-refractivity contribution >= 4 is 110 Å². The number of amides is 1. The van der Waals surface area contributed by atoms with E-state index >= 15 is 0 Å². The summed E-state index contributed by atoms with van der Waals surface area (Å²) in [5.41, 5.74) is -1.59. The second-order valence-corrected chi connectivity index (χ2v) is 17.5. The molecule has 0 unspecified atom stereocenters. The Kier molecular flexibility index (Phi) is 20.3. The van der Waals surface area contributed by atoms with Crippen molar-refractivity contribution in [1.29, 1.82) is 0 Å². The number of benzene rings is 4. The number of Topliss-reactive ketones (excluding diaryl/α,β-unsaturated/α-hetero) is 1. The molecule has 4 aromatic carbocycles. The third kappa shape index (κ3) is 14.4. The Morgan fingerprint density at radius 3 is 1.71 bits per heavy atom. The topological polar surface area (TPSA) is 362 Å². The molecule has 0 atom stereocenters. The first kappa shape index (κ1) is 56.9. The fourth-order valence-corrected chi connectivity index (χ4v) is 7.64. The van der Waals surface area contributed by atoms with Gasteiger partial charge in [0, 0.05) is 16.9 Å². The quantitative estimate of drug-likeness (QED) is 0.0512. The molecule has 0 radical (unpaired) electrons. The third-order valence-electron chi connectivity index (χ3n) is 7.75. The van der Waals surface area contributed by atoms with Crippen molar-refractivity contribution in [2.24, 2.45) is 5.10 Å². The molecule has 1 heterocycles. The summed E-state index contributed by atoms with van der Waals surface area (Å²) in [6, 6.07) is 15.6. The monoisotopic (exact) mass is 994 g/mol. The Balaban J connectivity index is 0.00000341. The summed E-state index contributed by atoms with van der Waals surface area (Å²) in [7, 11) is -21.1. The van der Waals surface area contributed by atoms with E-state index in [0.717, 1.165) is 30.3 Å². The first-order valence-electron chi connectivity index (χ1n) is 15.7. The van der Waals surface area contributed by atoms with Crippen LogP contribution in [0.25, 0.3) is 6.08 Å². The molecule has 5 aromatic rings. The molecule has 0 aliphatic heterocycles. The summed E-state index contributed by atoms with van der Waals surface area (Å²) >= 11 is 6.03. The van der Waals surface area contributed by atoms with Crippen molar-refractivity contribution in [1.82, 2.24) is 15.0 Å². The number of rotatable bonds is 12. The number of fused-ring (bicyclic) bond motifs is 1. The smallest absolute Gasteiger partial charge is 0.744 e. The van der Waals surface area contributed by atoms with Crippen LogP contribution in [-0.2, 0) is 40.5 Å². The third-order valence-corrected chi connectivity index (χ3v) is 11.3. The summed E-state index contributed by atoms with van der Waals surface area (Å²) < 4.78 is 144. The largest absolute Gasteiger partial charge is 1.00 e. The van der Waals surface area contributed by atoms with Gasteiger partial charge in [-0.1, -0.05) is 18.2 Å². The van der Waals surface area contributed by atoms with Gasteiger partial charge in [0.15, 0.2) is 0 Å². The van der Waals surface area contributed by atoms with Crippen LogP contribution in [0.15, 0.2) is 110 Å². The molecule has 0 bridgehead atoms. The number of hydrogen-bond donors (Lipinski definition) is 4. The van der Waals surface area contributed by atoms with Crippen molar-refractivity contribution in [3.63, 3.8) is 0 Å². The average molecular weight is 995 g/mol. The molecule has 0 saturated heterocycles. The van der Waals surface area contributed by atoms with Gasteiger partial charge < -0.3 is 34.2 Å². The molecule has 306 valence electrons. The van der Waals surface area contributed by atoms with Gasteiger partial charge in [-0.2, -0.15) is 20.1 Å². The van der Waals surface area contributed by atoms with E-state index in [1.54, 1.807) is 6.07 Å². The zero-order valence-electron chi connectivity index (χ0n) is 32.7. The van der Waals surface area contributed by atoms with Crippen LogP contribution in [0.4, 0.5) is 34.6 Å². The predicted molar refractivity (Wildman–Crippen MR) is 202 cm³/mol. The molecule has 63 heavy (non-hydrogen) atoms. The van der Waals surface area contributed by atoms with E-state index in [-0.39, 0.29) is 147 Å². The number of carbonyl (C=O) groups is 2. The zero-order valence-corrected chi connectivity index (χ0v) is 44.7. The zero-order chi connectivity index (χ0) is 43.1. The van der Waals surface area contributed by atoms with Gasteiger partial charge in [-0.15, -0.1) is 0 Å². The van der Waals surface area contributed by atoms with Crippen molar-refractivity contribution in [2.45, 2.75) is 14.7 Å².